The molecule has 0 aliphatic rings. The molecule has 0 spiro atoms. The van der Waals surface area contributed by atoms with Crippen LogP contribution >= 0.6 is 0 Å². The van der Waals surface area contributed by atoms with Crippen molar-refractivity contribution in [3.63, 3.8) is 0 Å². The van der Waals surface area contributed by atoms with E-state index in [0.717, 1.165) is 16.8 Å². The molecule has 3 rings (SSSR count). The van der Waals surface area contributed by atoms with E-state index in [1.54, 1.807) is 17.7 Å². The highest BCUT2D eigenvalue weighted by molar-refractivity contribution is 6.43. The molecule has 0 saturated heterocycles. The monoisotopic (exact) mass is 334 g/mol. The molecule has 0 aliphatic carbocycles. The number of nitrogens with one attached hydrogen (secondary N) is 1. The van der Waals surface area contributed by atoms with E-state index in [2.05, 4.69) is 11.9 Å². The molecule has 5 heteroatoms. The van der Waals surface area contributed by atoms with Gasteiger partial charge in [0.1, 0.15) is 11.4 Å². The second-order valence-electron chi connectivity index (χ2n) is 5.46. The van der Waals surface area contributed by atoms with Crippen LogP contribution in [0.2, 0.25) is 0 Å². The number of nitrogens with zero attached hydrogens (tertiary/aromatic N) is 1. The van der Waals surface area contributed by atoms with Gasteiger partial charge in [0.25, 0.3) is 11.7 Å². The van der Waals surface area contributed by atoms with Gasteiger partial charge in [0.05, 0.1) is 7.11 Å². The summed E-state index contributed by atoms with van der Waals surface area (Å²) in [6.07, 6.45) is 3.31. The van der Waals surface area contributed by atoms with Crippen molar-refractivity contribution in [1.29, 1.82) is 0 Å². The smallest absolute Gasteiger partial charge is 0.294 e. The van der Waals surface area contributed by atoms with Crippen molar-refractivity contribution in [1.82, 2.24) is 9.72 Å². The molecule has 25 heavy (non-hydrogen) atoms. The molecule has 0 fully saturated rings. The maximum atomic E-state index is 12.8. The summed E-state index contributed by atoms with van der Waals surface area (Å²) in [5.41, 5.74) is 2.72. The first-order valence-corrected chi connectivity index (χ1v) is 7.83. The summed E-state index contributed by atoms with van der Waals surface area (Å²) < 4.78 is 6.91. The molecule has 126 valence electrons. The minimum absolute atomic E-state index is 0.242. The van der Waals surface area contributed by atoms with Crippen LogP contribution in [0.4, 0.5) is 0 Å². The first-order chi connectivity index (χ1) is 12.2. The van der Waals surface area contributed by atoms with E-state index in [-0.39, 0.29) is 6.54 Å². The van der Waals surface area contributed by atoms with Crippen LogP contribution in [0.1, 0.15) is 10.5 Å². The Balaban J connectivity index is 2.12. The summed E-state index contributed by atoms with van der Waals surface area (Å²) in [7, 11) is 1.60. The summed E-state index contributed by atoms with van der Waals surface area (Å²) in [4.78, 5) is 24.9. The molecule has 0 aliphatic heterocycles. The van der Waals surface area contributed by atoms with E-state index in [1.807, 2.05) is 48.5 Å². The SMILES string of the molecule is C=CCNC(=O)C(=O)c1c(-c2ccc(OC)cc2)cc2ccccn12. The van der Waals surface area contributed by atoms with Gasteiger partial charge in [0.15, 0.2) is 0 Å². The van der Waals surface area contributed by atoms with Gasteiger partial charge >= 0.3 is 0 Å². The number of rotatable bonds is 6. The van der Waals surface area contributed by atoms with E-state index >= 15 is 0 Å². The van der Waals surface area contributed by atoms with E-state index < -0.39 is 11.7 Å². The highest BCUT2D eigenvalue weighted by atomic mass is 16.5. The second-order valence-corrected chi connectivity index (χ2v) is 5.46. The minimum Gasteiger partial charge on any atom is -0.497 e. The first-order valence-electron chi connectivity index (χ1n) is 7.83. The van der Waals surface area contributed by atoms with Crippen molar-refractivity contribution < 1.29 is 14.3 Å². The molecule has 3 aromatic rings. The molecule has 5 nitrogen and oxygen atoms in total. The Kier molecular flexibility index (Phi) is 4.66. The lowest BCUT2D eigenvalue weighted by molar-refractivity contribution is -0.116. The molecular formula is C20H18N2O3. The largest absolute Gasteiger partial charge is 0.497 e. The average molecular weight is 334 g/mol. The van der Waals surface area contributed by atoms with Gasteiger partial charge in [-0.1, -0.05) is 24.3 Å². The number of methoxy groups -OCH3 is 1. The molecule has 2 heterocycles. The van der Waals surface area contributed by atoms with Crippen molar-refractivity contribution in [3.05, 3.63) is 73.1 Å². The third-order valence-corrected chi connectivity index (χ3v) is 3.91. The summed E-state index contributed by atoms with van der Waals surface area (Å²) in [5.74, 6) is -0.513. The van der Waals surface area contributed by atoms with Gasteiger partial charge in [-0.05, 0) is 35.9 Å². The molecule has 0 bridgehead atoms. The molecule has 2 aromatic heterocycles. The molecular weight excluding hydrogens is 316 g/mol. The number of hydrogen-bond acceptors (Lipinski definition) is 3. The number of aromatic nitrogens is 1. The molecule has 0 unspecified atom stereocenters. The number of carbonyl (C=O) groups excluding carboxylic acids is 2. The quantitative estimate of drug-likeness (QED) is 0.428. The number of ether oxygens (including phenoxy) is 1. The maximum absolute atomic E-state index is 12.8. The second kappa shape index (κ2) is 7.05. The van der Waals surface area contributed by atoms with E-state index in [9.17, 15) is 9.59 Å². The van der Waals surface area contributed by atoms with Crippen LogP contribution in [0.15, 0.2) is 67.4 Å². The number of pyridine rings is 1. The Labute approximate surface area is 145 Å². The van der Waals surface area contributed by atoms with E-state index in [0.29, 0.717) is 11.3 Å². The summed E-state index contributed by atoms with van der Waals surface area (Å²) in [6, 6.07) is 14.9. The van der Waals surface area contributed by atoms with Gasteiger partial charge in [-0.2, -0.15) is 0 Å². The van der Waals surface area contributed by atoms with Gasteiger partial charge in [-0.15, -0.1) is 6.58 Å². The summed E-state index contributed by atoms with van der Waals surface area (Å²) in [6.45, 7) is 3.78. The zero-order valence-corrected chi connectivity index (χ0v) is 13.9. The lowest BCUT2D eigenvalue weighted by Crippen LogP contribution is -2.32. The number of amides is 1. The molecule has 1 N–H and O–H groups in total. The fourth-order valence-corrected chi connectivity index (χ4v) is 2.70. The zero-order valence-electron chi connectivity index (χ0n) is 13.9. The number of hydrogen-bond donors (Lipinski definition) is 1. The van der Waals surface area contributed by atoms with Crippen molar-refractivity contribution in [2.45, 2.75) is 0 Å². The van der Waals surface area contributed by atoms with Crippen molar-refractivity contribution >= 4 is 17.2 Å². The van der Waals surface area contributed by atoms with Crippen molar-refractivity contribution in [2.75, 3.05) is 13.7 Å². The van der Waals surface area contributed by atoms with Crippen LogP contribution < -0.4 is 10.1 Å². The highest BCUT2D eigenvalue weighted by Crippen LogP contribution is 2.29. The molecule has 1 aromatic carbocycles. The molecule has 0 atom stereocenters. The number of fused-ring (bicyclic) bond motifs is 1. The van der Waals surface area contributed by atoms with Crippen molar-refractivity contribution in [2.24, 2.45) is 0 Å². The third kappa shape index (κ3) is 3.17. The van der Waals surface area contributed by atoms with Crippen LogP contribution in [0.5, 0.6) is 5.75 Å². The van der Waals surface area contributed by atoms with Gasteiger partial charge < -0.3 is 14.5 Å². The van der Waals surface area contributed by atoms with Crippen LogP contribution in [-0.2, 0) is 4.79 Å². The fraction of sp³-hybridized carbons (Fsp3) is 0.100. The lowest BCUT2D eigenvalue weighted by atomic mass is 10.0. The first kappa shape index (κ1) is 16.5. The standard InChI is InChI=1S/C20H18N2O3/c1-3-11-21-20(24)19(23)18-17(13-15-6-4-5-12-22(15)18)14-7-9-16(25-2)10-8-14/h3-10,12-13H,1,11H2,2H3,(H,21,24). The minimum atomic E-state index is -0.654. The van der Waals surface area contributed by atoms with E-state index in [1.165, 1.54) is 6.08 Å². The normalized spacial score (nSPS) is 10.4. The lowest BCUT2D eigenvalue weighted by Gasteiger charge is -2.07. The Morgan fingerprint density at radius 2 is 1.96 bits per heavy atom. The topological polar surface area (TPSA) is 59.8 Å². The Hall–Kier alpha value is -3.34. The van der Waals surface area contributed by atoms with Gasteiger partial charge in [-0.3, -0.25) is 9.59 Å². The van der Waals surface area contributed by atoms with E-state index in [4.69, 9.17) is 4.74 Å². The van der Waals surface area contributed by atoms with Gasteiger partial charge in [-0.25, -0.2) is 0 Å². The number of carbonyl (C=O) groups is 2. The average Bonchev–Trinajstić information content (AvgIpc) is 3.05. The summed E-state index contributed by atoms with van der Waals surface area (Å²) >= 11 is 0. The molecule has 1 amide bonds. The number of ketones is 1. The number of Topliss-reactive ketones (excluding diaryl/α,β-unsaturated/α-hetero) is 1. The summed E-state index contributed by atoms with van der Waals surface area (Å²) in [5, 5.41) is 2.54. The van der Waals surface area contributed by atoms with Crippen LogP contribution in [0.25, 0.3) is 16.6 Å². The van der Waals surface area contributed by atoms with Crippen LogP contribution in [0.3, 0.4) is 0 Å². The van der Waals surface area contributed by atoms with Crippen LogP contribution in [-0.4, -0.2) is 29.7 Å². The van der Waals surface area contributed by atoms with Crippen LogP contribution in [0, 0.1) is 0 Å². The third-order valence-electron chi connectivity index (χ3n) is 3.91. The van der Waals surface area contributed by atoms with Crippen molar-refractivity contribution in [3.8, 4) is 16.9 Å². The molecule has 0 radical (unpaired) electrons. The predicted molar refractivity (Wildman–Crippen MR) is 96.9 cm³/mol. The van der Waals surface area contributed by atoms with Gasteiger partial charge in [0.2, 0.25) is 0 Å². The Morgan fingerprint density at radius 1 is 1.20 bits per heavy atom. The Bertz CT molecular complexity index is 939. The zero-order chi connectivity index (χ0) is 17.8. The number of benzene rings is 1. The maximum Gasteiger partial charge on any atom is 0.294 e. The predicted octanol–water partition coefficient (Wildman–Crippen LogP) is 3.10. The Morgan fingerprint density at radius 3 is 2.64 bits per heavy atom. The molecule has 0 saturated carbocycles. The van der Waals surface area contributed by atoms with Gasteiger partial charge in [0, 0.05) is 23.8 Å². The fourth-order valence-electron chi connectivity index (χ4n) is 2.70. The highest BCUT2D eigenvalue weighted by Gasteiger charge is 2.24.